The summed E-state index contributed by atoms with van der Waals surface area (Å²) in [4.78, 5) is 8.75. The summed E-state index contributed by atoms with van der Waals surface area (Å²) in [5.74, 6) is 2.24. The van der Waals surface area contributed by atoms with E-state index in [1.165, 1.54) is 5.56 Å². The van der Waals surface area contributed by atoms with Crippen molar-refractivity contribution in [3.8, 4) is 5.75 Å². The van der Waals surface area contributed by atoms with Crippen molar-refractivity contribution in [3.63, 3.8) is 0 Å². The summed E-state index contributed by atoms with van der Waals surface area (Å²) in [5, 5.41) is 7.31. The van der Waals surface area contributed by atoms with Crippen LogP contribution in [0, 0.1) is 0 Å². The van der Waals surface area contributed by atoms with Crippen LogP contribution in [0.15, 0.2) is 60.8 Å². The van der Waals surface area contributed by atoms with Gasteiger partial charge >= 0.3 is 0 Å². The Morgan fingerprint density at radius 2 is 1.65 bits per heavy atom. The van der Waals surface area contributed by atoms with Crippen LogP contribution in [0.1, 0.15) is 11.1 Å². The monoisotopic (exact) mass is 368 g/mol. The Morgan fingerprint density at radius 3 is 2.38 bits per heavy atom. The molecule has 0 saturated carbocycles. The summed E-state index contributed by atoms with van der Waals surface area (Å²) < 4.78 is 5.17. The molecule has 0 fully saturated rings. The van der Waals surface area contributed by atoms with E-state index >= 15 is 0 Å². The van der Waals surface area contributed by atoms with Crippen molar-refractivity contribution in [2.24, 2.45) is 0 Å². The molecule has 2 N–H and O–H groups in total. The lowest BCUT2D eigenvalue weighted by Gasteiger charge is -2.09. The van der Waals surface area contributed by atoms with E-state index in [1.54, 1.807) is 13.3 Å². The second-order valence-electron chi connectivity index (χ2n) is 5.77. The SMILES string of the molecule is COc1ccc(CNc2ccnc(NCCc3ccc(Cl)cc3)n2)cc1. The molecule has 3 aromatic rings. The van der Waals surface area contributed by atoms with Gasteiger partial charge in [0.2, 0.25) is 5.95 Å². The smallest absolute Gasteiger partial charge is 0.224 e. The number of hydrogen-bond acceptors (Lipinski definition) is 5. The van der Waals surface area contributed by atoms with Crippen LogP contribution in [0.5, 0.6) is 5.75 Å². The molecule has 6 heteroatoms. The number of rotatable bonds is 8. The number of anilines is 2. The van der Waals surface area contributed by atoms with Gasteiger partial charge in [-0.3, -0.25) is 0 Å². The van der Waals surface area contributed by atoms with E-state index in [9.17, 15) is 0 Å². The Kier molecular flexibility index (Phi) is 6.28. The lowest BCUT2D eigenvalue weighted by molar-refractivity contribution is 0.414. The molecule has 0 aliphatic heterocycles. The molecular formula is C20H21ClN4O. The number of aromatic nitrogens is 2. The predicted molar refractivity (Wildman–Crippen MR) is 106 cm³/mol. The zero-order valence-electron chi connectivity index (χ0n) is 14.6. The molecule has 1 heterocycles. The molecule has 0 aliphatic carbocycles. The summed E-state index contributed by atoms with van der Waals surface area (Å²) in [6, 6.07) is 17.6. The van der Waals surface area contributed by atoms with Gasteiger partial charge in [-0.1, -0.05) is 35.9 Å². The summed E-state index contributed by atoms with van der Waals surface area (Å²) in [6.07, 6.45) is 2.62. The first-order chi connectivity index (χ1) is 12.7. The molecular weight excluding hydrogens is 348 g/mol. The van der Waals surface area contributed by atoms with Gasteiger partial charge in [0, 0.05) is 24.3 Å². The molecule has 26 heavy (non-hydrogen) atoms. The minimum absolute atomic E-state index is 0.610. The predicted octanol–water partition coefficient (Wildman–Crippen LogP) is 4.41. The van der Waals surface area contributed by atoms with E-state index in [-0.39, 0.29) is 0 Å². The highest BCUT2D eigenvalue weighted by atomic mass is 35.5. The highest BCUT2D eigenvalue weighted by Gasteiger charge is 2.01. The topological polar surface area (TPSA) is 59.1 Å². The van der Waals surface area contributed by atoms with E-state index < -0.39 is 0 Å². The van der Waals surface area contributed by atoms with Gasteiger partial charge in [-0.2, -0.15) is 4.98 Å². The summed E-state index contributed by atoms with van der Waals surface area (Å²) in [7, 11) is 1.66. The van der Waals surface area contributed by atoms with Crippen LogP contribution in [-0.4, -0.2) is 23.6 Å². The van der Waals surface area contributed by atoms with E-state index in [0.29, 0.717) is 12.5 Å². The van der Waals surface area contributed by atoms with Crippen molar-refractivity contribution in [3.05, 3.63) is 76.9 Å². The number of nitrogens with zero attached hydrogens (tertiary/aromatic N) is 2. The molecule has 134 valence electrons. The maximum absolute atomic E-state index is 5.90. The van der Waals surface area contributed by atoms with Gasteiger partial charge in [0.15, 0.2) is 0 Å². The van der Waals surface area contributed by atoms with Crippen LogP contribution in [0.2, 0.25) is 5.02 Å². The first kappa shape index (κ1) is 18.0. The maximum Gasteiger partial charge on any atom is 0.224 e. The van der Waals surface area contributed by atoms with Gasteiger partial charge in [0.1, 0.15) is 11.6 Å². The lowest BCUT2D eigenvalue weighted by atomic mass is 10.1. The van der Waals surface area contributed by atoms with Gasteiger partial charge in [0.05, 0.1) is 7.11 Å². The molecule has 0 atom stereocenters. The minimum Gasteiger partial charge on any atom is -0.497 e. The zero-order chi connectivity index (χ0) is 18.2. The molecule has 0 bridgehead atoms. The first-order valence-corrected chi connectivity index (χ1v) is 8.79. The lowest BCUT2D eigenvalue weighted by Crippen LogP contribution is -2.09. The molecule has 0 spiro atoms. The Hall–Kier alpha value is -2.79. The fourth-order valence-corrected chi connectivity index (χ4v) is 2.57. The Morgan fingerprint density at radius 1 is 0.923 bits per heavy atom. The van der Waals surface area contributed by atoms with E-state index in [0.717, 1.165) is 35.1 Å². The molecule has 0 saturated heterocycles. The molecule has 1 aromatic heterocycles. The van der Waals surface area contributed by atoms with Gasteiger partial charge in [-0.25, -0.2) is 4.98 Å². The Balaban J connectivity index is 1.49. The van der Waals surface area contributed by atoms with Gasteiger partial charge in [-0.15, -0.1) is 0 Å². The summed E-state index contributed by atoms with van der Waals surface area (Å²) in [5.41, 5.74) is 2.37. The normalized spacial score (nSPS) is 10.4. The number of ether oxygens (including phenoxy) is 1. The van der Waals surface area contributed by atoms with Crippen molar-refractivity contribution < 1.29 is 4.74 Å². The largest absolute Gasteiger partial charge is 0.497 e. The van der Waals surface area contributed by atoms with Crippen molar-refractivity contribution in [1.29, 1.82) is 0 Å². The van der Waals surface area contributed by atoms with Crippen LogP contribution in [-0.2, 0) is 13.0 Å². The van der Waals surface area contributed by atoms with Gasteiger partial charge in [-0.05, 0) is 47.9 Å². The van der Waals surface area contributed by atoms with Crippen LogP contribution in [0.25, 0.3) is 0 Å². The number of benzene rings is 2. The third-order valence-corrected chi connectivity index (χ3v) is 4.15. The summed E-state index contributed by atoms with van der Waals surface area (Å²) in [6.45, 7) is 1.44. The summed E-state index contributed by atoms with van der Waals surface area (Å²) >= 11 is 5.90. The number of hydrogen-bond donors (Lipinski definition) is 2. The van der Waals surface area contributed by atoms with Gasteiger partial charge in [0.25, 0.3) is 0 Å². The Bertz CT molecular complexity index is 822. The highest BCUT2D eigenvalue weighted by molar-refractivity contribution is 6.30. The highest BCUT2D eigenvalue weighted by Crippen LogP contribution is 2.14. The second kappa shape index (κ2) is 9.06. The van der Waals surface area contributed by atoms with Crippen LogP contribution < -0.4 is 15.4 Å². The third-order valence-electron chi connectivity index (χ3n) is 3.90. The molecule has 0 radical (unpaired) electrons. The van der Waals surface area contributed by atoms with Crippen LogP contribution >= 0.6 is 11.6 Å². The second-order valence-corrected chi connectivity index (χ2v) is 6.21. The van der Waals surface area contributed by atoms with Crippen molar-refractivity contribution in [2.75, 3.05) is 24.3 Å². The number of methoxy groups -OCH3 is 1. The van der Waals surface area contributed by atoms with Crippen molar-refractivity contribution >= 4 is 23.4 Å². The van der Waals surface area contributed by atoms with Crippen molar-refractivity contribution in [1.82, 2.24) is 9.97 Å². The molecule has 3 rings (SSSR count). The maximum atomic E-state index is 5.90. The first-order valence-electron chi connectivity index (χ1n) is 8.41. The Labute approximate surface area is 158 Å². The molecule has 0 amide bonds. The van der Waals surface area contributed by atoms with E-state index in [4.69, 9.17) is 16.3 Å². The van der Waals surface area contributed by atoms with E-state index in [1.807, 2.05) is 54.6 Å². The number of halogens is 1. The average molecular weight is 369 g/mol. The van der Waals surface area contributed by atoms with Crippen LogP contribution in [0.3, 0.4) is 0 Å². The number of nitrogens with one attached hydrogen (secondary N) is 2. The average Bonchev–Trinajstić information content (AvgIpc) is 2.69. The quantitative estimate of drug-likeness (QED) is 0.617. The molecule has 5 nitrogen and oxygen atoms in total. The van der Waals surface area contributed by atoms with Crippen molar-refractivity contribution in [2.45, 2.75) is 13.0 Å². The standard InChI is InChI=1S/C20H21ClN4O/c1-26-18-8-4-16(5-9-18)14-24-19-11-13-23-20(25-19)22-12-10-15-2-6-17(21)7-3-15/h2-9,11,13H,10,12,14H2,1H3,(H2,22,23,24,25). The molecule has 0 unspecified atom stereocenters. The van der Waals surface area contributed by atoms with Crippen LogP contribution in [0.4, 0.5) is 11.8 Å². The third kappa shape index (κ3) is 5.36. The van der Waals surface area contributed by atoms with Gasteiger partial charge < -0.3 is 15.4 Å². The van der Waals surface area contributed by atoms with E-state index in [2.05, 4.69) is 20.6 Å². The fraction of sp³-hybridized carbons (Fsp3) is 0.200. The fourth-order valence-electron chi connectivity index (χ4n) is 2.45. The zero-order valence-corrected chi connectivity index (χ0v) is 15.3. The molecule has 0 aliphatic rings. The minimum atomic E-state index is 0.610. The molecule has 2 aromatic carbocycles.